The summed E-state index contributed by atoms with van der Waals surface area (Å²) in [4.78, 5) is 24.0. The Bertz CT molecular complexity index is 464. The van der Waals surface area contributed by atoms with E-state index in [9.17, 15) is 14.9 Å². The number of amides is 1. The second kappa shape index (κ2) is 5.03. The molecule has 7 heteroatoms. The average molecular weight is 269 g/mol. The summed E-state index contributed by atoms with van der Waals surface area (Å²) in [5.41, 5.74) is 6.27. The molecule has 2 rings (SSSR count). The fourth-order valence-corrected chi connectivity index (χ4v) is 2.98. The van der Waals surface area contributed by atoms with Crippen LogP contribution >= 0.6 is 11.3 Å². The predicted octanol–water partition coefficient (Wildman–Crippen LogP) is 1.47. The van der Waals surface area contributed by atoms with E-state index < -0.39 is 4.92 Å². The molecule has 6 nitrogen and oxygen atoms in total. The second-order valence-corrected chi connectivity index (χ2v) is 5.63. The lowest BCUT2D eigenvalue weighted by Crippen LogP contribution is -2.48. The Hall–Kier alpha value is -1.47. The van der Waals surface area contributed by atoms with Gasteiger partial charge in [-0.15, -0.1) is 0 Å². The Morgan fingerprint density at radius 3 is 2.89 bits per heavy atom. The molecule has 1 saturated heterocycles. The van der Waals surface area contributed by atoms with Crippen molar-refractivity contribution in [1.82, 2.24) is 4.90 Å². The van der Waals surface area contributed by atoms with E-state index in [-0.39, 0.29) is 17.0 Å². The zero-order valence-corrected chi connectivity index (χ0v) is 10.9. The molecule has 1 aromatic rings. The van der Waals surface area contributed by atoms with E-state index in [0.717, 1.165) is 17.8 Å². The van der Waals surface area contributed by atoms with Crippen molar-refractivity contribution < 1.29 is 9.72 Å². The molecular formula is C11H15N3O3S. The van der Waals surface area contributed by atoms with Crippen LogP contribution in [0.15, 0.2) is 11.4 Å². The number of nitrogens with two attached hydrogens (primary N) is 1. The van der Waals surface area contributed by atoms with Crippen molar-refractivity contribution >= 4 is 22.2 Å². The van der Waals surface area contributed by atoms with E-state index in [1.165, 1.54) is 11.4 Å². The van der Waals surface area contributed by atoms with Gasteiger partial charge < -0.3 is 10.6 Å². The summed E-state index contributed by atoms with van der Waals surface area (Å²) in [5, 5.41) is 12.1. The zero-order valence-electron chi connectivity index (χ0n) is 10.0. The maximum absolute atomic E-state index is 12.2. The molecule has 1 aliphatic rings. The summed E-state index contributed by atoms with van der Waals surface area (Å²) < 4.78 is 0. The maximum atomic E-state index is 12.2. The third kappa shape index (κ3) is 2.68. The third-order valence-corrected chi connectivity index (χ3v) is 3.87. The minimum atomic E-state index is -0.480. The predicted molar refractivity (Wildman–Crippen MR) is 68.6 cm³/mol. The first-order valence-electron chi connectivity index (χ1n) is 5.75. The molecule has 0 radical (unpaired) electrons. The quantitative estimate of drug-likeness (QED) is 0.650. The van der Waals surface area contributed by atoms with E-state index in [2.05, 4.69) is 6.92 Å². The molecule has 1 fully saturated rings. The lowest BCUT2D eigenvalue weighted by molar-refractivity contribution is -0.380. The van der Waals surface area contributed by atoms with Crippen LogP contribution in [0.25, 0.3) is 0 Å². The number of hydrogen-bond acceptors (Lipinski definition) is 5. The zero-order chi connectivity index (χ0) is 13.3. The molecule has 0 spiro atoms. The van der Waals surface area contributed by atoms with Gasteiger partial charge in [-0.3, -0.25) is 14.9 Å². The number of piperidine rings is 1. The van der Waals surface area contributed by atoms with Gasteiger partial charge in [0.2, 0.25) is 0 Å². The normalized spacial score (nSPS) is 24.0. The van der Waals surface area contributed by atoms with Gasteiger partial charge in [-0.25, -0.2) is 0 Å². The molecule has 1 aromatic heterocycles. The number of likely N-dealkylation sites (tertiary alicyclic amines) is 1. The van der Waals surface area contributed by atoms with Crippen LogP contribution in [-0.2, 0) is 0 Å². The largest absolute Gasteiger partial charge is 0.337 e. The Labute approximate surface area is 109 Å². The molecule has 0 saturated carbocycles. The summed E-state index contributed by atoms with van der Waals surface area (Å²) in [7, 11) is 0. The van der Waals surface area contributed by atoms with Crippen molar-refractivity contribution in [2.75, 3.05) is 13.1 Å². The van der Waals surface area contributed by atoms with E-state index in [0.29, 0.717) is 24.6 Å². The smallest absolute Gasteiger partial charge is 0.324 e. The van der Waals surface area contributed by atoms with Gasteiger partial charge in [-0.1, -0.05) is 18.3 Å². The first-order chi connectivity index (χ1) is 8.47. The van der Waals surface area contributed by atoms with E-state index in [1.807, 2.05) is 0 Å². The molecule has 2 unspecified atom stereocenters. The van der Waals surface area contributed by atoms with Gasteiger partial charge in [0.25, 0.3) is 5.91 Å². The van der Waals surface area contributed by atoms with Crippen LogP contribution in [0.3, 0.4) is 0 Å². The van der Waals surface area contributed by atoms with Gasteiger partial charge in [0, 0.05) is 30.6 Å². The lowest BCUT2D eigenvalue weighted by atomic mass is 9.96. The lowest BCUT2D eigenvalue weighted by Gasteiger charge is -2.34. The Morgan fingerprint density at radius 2 is 2.33 bits per heavy atom. The van der Waals surface area contributed by atoms with E-state index in [4.69, 9.17) is 5.73 Å². The van der Waals surface area contributed by atoms with E-state index >= 15 is 0 Å². The molecule has 0 aromatic carbocycles. The number of rotatable bonds is 2. The molecule has 1 amide bonds. The summed E-state index contributed by atoms with van der Waals surface area (Å²) in [6.07, 6.45) is 0.910. The Morgan fingerprint density at radius 1 is 1.61 bits per heavy atom. The van der Waals surface area contributed by atoms with Crippen molar-refractivity contribution in [3.63, 3.8) is 0 Å². The second-order valence-electron chi connectivity index (χ2n) is 4.74. The molecule has 18 heavy (non-hydrogen) atoms. The highest BCUT2D eigenvalue weighted by molar-refractivity contribution is 7.13. The molecule has 0 bridgehead atoms. The fraction of sp³-hybridized carbons (Fsp3) is 0.545. The van der Waals surface area contributed by atoms with Crippen molar-refractivity contribution in [2.45, 2.75) is 19.4 Å². The molecular weight excluding hydrogens is 254 g/mol. The van der Waals surface area contributed by atoms with Crippen LogP contribution < -0.4 is 5.73 Å². The van der Waals surface area contributed by atoms with Crippen molar-refractivity contribution in [3.8, 4) is 0 Å². The summed E-state index contributed by atoms with van der Waals surface area (Å²) in [6.45, 7) is 3.23. The number of nitrogens with zero attached hydrogens (tertiary/aromatic N) is 2. The molecule has 0 aliphatic carbocycles. The van der Waals surface area contributed by atoms with Crippen LogP contribution in [-0.4, -0.2) is 34.9 Å². The average Bonchev–Trinajstić information content (AvgIpc) is 2.75. The van der Waals surface area contributed by atoms with Crippen LogP contribution in [0, 0.1) is 16.0 Å². The number of nitro groups is 1. The summed E-state index contributed by atoms with van der Waals surface area (Å²) in [6, 6.07) is 1.32. The molecule has 1 aliphatic heterocycles. The standard InChI is InChI=1S/C11H15N3O3S/c1-7-2-9(12)5-13(4-7)11(15)8-3-10(14(16)17)18-6-8/h3,6-7,9H,2,4-5,12H2,1H3. The Balaban J connectivity index is 2.12. The van der Waals surface area contributed by atoms with Gasteiger partial charge in [0.1, 0.15) is 0 Å². The Kier molecular flexibility index (Phi) is 3.63. The van der Waals surface area contributed by atoms with Gasteiger partial charge in [-0.2, -0.15) is 0 Å². The van der Waals surface area contributed by atoms with Crippen LogP contribution in [0.5, 0.6) is 0 Å². The maximum Gasteiger partial charge on any atom is 0.324 e. The SMILES string of the molecule is CC1CC(N)CN(C(=O)c2csc([N+](=O)[O-])c2)C1. The highest BCUT2D eigenvalue weighted by atomic mass is 32.1. The number of hydrogen-bond donors (Lipinski definition) is 1. The summed E-state index contributed by atoms with van der Waals surface area (Å²) >= 11 is 0.974. The van der Waals surface area contributed by atoms with E-state index in [1.54, 1.807) is 4.90 Å². The molecule has 2 heterocycles. The minimum Gasteiger partial charge on any atom is -0.337 e. The molecule has 2 atom stereocenters. The highest BCUT2D eigenvalue weighted by Gasteiger charge is 2.27. The molecule has 2 N–H and O–H groups in total. The van der Waals surface area contributed by atoms with Gasteiger partial charge in [-0.05, 0) is 12.3 Å². The summed E-state index contributed by atoms with van der Waals surface area (Å²) in [5.74, 6) is 0.202. The fourth-order valence-electron chi connectivity index (χ4n) is 2.28. The first-order valence-corrected chi connectivity index (χ1v) is 6.63. The van der Waals surface area contributed by atoms with Crippen LogP contribution in [0.1, 0.15) is 23.7 Å². The topological polar surface area (TPSA) is 89.5 Å². The third-order valence-electron chi connectivity index (χ3n) is 2.99. The molecule has 98 valence electrons. The number of thiophene rings is 1. The van der Waals surface area contributed by atoms with Crippen molar-refractivity contribution in [3.05, 3.63) is 27.1 Å². The first kappa shape index (κ1) is 13.0. The number of carbonyl (C=O) groups excluding carboxylic acids is 1. The van der Waals surface area contributed by atoms with Gasteiger partial charge in [0.15, 0.2) is 0 Å². The monoisotopic (exact) mass is 269 g/mol. The minimum absolute atomic E-state index is 0.00675. The number of carbonyl (C=O) groups is 1. The van der Waals surface area contributed by atoms with Crippen LogP contribution in [0.4, 0.5) is 5.00 Å². The van der Waals surface area contributed by atoms with Gasteiger partial charge in [0.05, 0.1) is 10.5 Å². The van der Waals surface area contributed by atoms with Crippen molar-refractivity contribution in [1.29, 1.82) is 0 Å². The highest BCUT2D eigenvalue weighted by Crippen LogP contribution is 2.25. The van der Waals surface area contributed by atoms with Crippen LogP contribution in [0.2, 0.25) is 0 Å². The van der Waals surface area contributed by atoms with Gasteiger partial charge >= 0.3 is 5.00 Å². The van der Waals surface area contributed by atoms with Crippen molar-refractivity contribution in [2.24, 2.45) is 11.7 Å².